The molecular weight excluding hydrogens is 297 g/mol. The number of sulfone groups is 1. The summed E-state index contributed by atoms with van der Waals surface area (Å²) in [6, 6.07) is 2.28. The normalized spacial score (nSPS) is 11.4. The Bertz CT molecular complexity index is 542. The minimum Gasteiger partial charge on any atom is -0.369 e. The molecule has 0 unspecified atom stereocenters. The first-order valence-electron chi connectivity index (χ1n) is 3.89. The standard InChI is InChI=1S/C8H6Cl3NO3S/c9-4-1-6(11)7(2-5(4)10)16(14,15)3-8(12)13/h1-2H,3H2,(H2,12,13). The molecule has 0 aromatic heterocycles. The van der Waals surface area contributed by atoms with E-state index in [1.54, 1.807) is 0 Å². The topological polar surface area (TPSA) is 77.2 Å². The van der Waals surface area contributed by atoms with E-state index in [0.29, 0.717) is 0 Å². The summed E-state index contributed by atoms with van der Waals surface area (Å²) in [7, 11) is -3.88. The van der Waals surface area contributed by atoms with Crippen molar-refractivity contribution >= 4 is 50.5 Å². The quantitative estimate of drug-likeness (QED) is 0.866. The third kappa shape index (κ3) is 3.01. The minimum atomic E-state index is -3.88. The smallest absolute Gasteiger partial charge is 0.233 e. The van der Waals surface area contributed by atoms with E-state index in [0.717, 1.165) is 6.07 Å². The molecule has 0 radical (unpaired) electrons. The van der Waals surface area contributed by atoms with E-state index in [1.807, 2.05) is 0 Å². The number of primary amides is 1. The number of halogens is 3. The van der Waals surface area contributed by atoms with Crippen LogP contribution < -0.4 is 5.73 Å². The Morgan fingerprint density at radius 3 is 2.12 bits per heavy atom. The lowest BCUT2D eigenvalue weighted by Gasteiger charge is -2.06. The maximum atomic E-state index is 11.6. The molecule has 0 saturated heterocycles. The van der Waals surface area contributed by atoms with Crippen molar-refractivity contribution in [2.75, 3.05) is 5.75 Å². The first-order chi connectivity index (χ1) is 7.24. The highest BCUT2D eigenvalue weighted by Gasteiger charge is 2.22. The lowest BCUT2D eigenvalue weighted by Crippen LogP contribution is -2.23. The van der Waals surface area contributed by atoms with Gasteiger partial charge in [-0.25, -0.2) is 8.42 Å². The zero-order valence-corrected chi connectivity index (χ0v) is 10.8. The Hall–Kier alpha value is -0.490. The van der Waals surface area contributed by atoms with Crippen molar-refractivity contribution < 1.29 is 13.2 Å². The van der Waals surface area contributed by atoms with Crippen molar-refractivity contribution in [3.63, 3.8) is 0 Å². The van der Waals surface area contributed by atoms with Gasteiger partial charge < -0.3 is 5.73 Å². The Morgan fingerprint density at radius 1 is 1.12 bits per heavy atom. The summed E-state index contributed by atoms with van der Waals surface area (Å²) >= 11 is 17.0. The van der Waals surface area contributed by atoms with Gasteiger partial charge in [0.1, 0.15) is 5.75 Å². The van der Waals surface area contributed by atoms with Crippen molar-refractivity contribution in [1.29, 1.82) is 0 Å². The predicted octanol–water partition coefficient (Wildman–Crippen LogP) is 1.91. The number of amides is 1. The molecule has 88 valence electrons. The highest BCUT2D eigenvalue weighted by Crippen LogP contribution is 2.31. The average molecular weight is 303 g/mol. The molecule has 0 atom stereocenters. The molecule has 1 amide bonds. The maximum Gasteiger partial charge on any atom is 0.233 e. The van der Waals surface area contributed by atoms with Gasteiger partial charge in [0, 0.05) is 0 Å². The summed E-state index contributed by atoms with van der Waals surface area (Å²) in [6.45, 7) is 0. The van der Waals surface area contributed by atoms with E-state index < -0.39 is 21.5 Å². The van der Waals surface area contributed by atoms with E-state index in [-0.39, 0.29) is 20.0 Å². The highest BCUT2D eigenvalue weighted by molar-refractivity contribution is 7.92. The van der Waals surface area contributed by atoms with E-state index >= 15 is 0 Å². The van der Waals surface area contributed by atoms with Crippen LogP contribution in [-0.2, 0) is 14.6 Å². The second-order valence-corrected chi connectivity index (χ2v) is 6.10. The number of carbonyl (C=O) groups excluding carboxylic acids is 1. The average Bonchev–Trinajstić information content (AvgIpc) is 2.08. The van der Waals surface area contributed by atoms with Crippen LogP contribution in [-0.4, -0.2) is 20.1 Å². The lowest BCUT2D eigenvalue weighted by atomic mass is 10.4. The van der Waals surface area contributed by atoms with Crippen molar-refractivity contribution in [2.45, 2.75) is 4.90 Å². The first-order valence-corrected chi connectivity index (χ1v) is 6.68. The van der Waals surface area contributed by atoms with Gasteiger partial charge in [0.2, 0.25) is 5.91 Å². The van der Waals surface area contributed by atoms with Crippen molar-refractivity contribution in [2.24, 2.45) is 5.73 Å². The van der Waals surface area contributed by atoms with Crippen LogP contribution in [0.5, 0.6) is 0 Å². The van der Waals surface area contributed by atoms with E-state index in [9.17, 15) is 13.2 Å². The van der Waals surface area contributed by atoms with Gasteiger partial charge in [0.05, 0.1) is 20.0 Å². The molecule has 0 aliphatic rings. The second-order valence-electron chi connectivity index (χ2n) is 2.92. The fourth-order valence-electron chi connectivity index (χ4n) is 1.01. The van der Waals surface area contributed by atoms with Crippen LogP contribution in [0.3, 0.4) is 0 Å². The first kappa shape index (κ1) is 13.6. The number of carbonyl (C=O) groups is 1. The van der Waals surface area contributed by atoms with Gasteiger partial charge in [0.15, 0.2) is 9.84 Å². The van der Waals surface area contributed by atoms with Crippen LogP contribution in [0.1, 0.15) is 0 Å². The molecule has 0 saturated carbocycles. The number of nitrogens with two attached hydrogens (primary N) is 1. The van der Waals surface area contributed by atoms with E-state index in [2.05, 4.69) is 0 Å². The van der Waals surface area contributed by atoms with Crippen LogP contribution in [0.2, 0.25) is 15.1 Å². The summed E-state index contributed by atoms with van der Waals surface area (Å²) in [4.78, 5) is 10.3. The molecule has 0 heterocycles. The lowest BCUT2D eigenvalue weighted by molar-refractivity contribution is -0.115. The molecule has 1 aromatic carbocycles. The van der Waals surface area contributed by atoms with Crippen LogP contribution in [0.4, 0.5) is 0 Å². The Morgan fingerprint density at radius 2 is 1.62 bits per heavy atom. The van der Waals surface area contributed by atoms with Crippen LogP contribution in [0.25, 0.3) is 0 Å². The van der Waals surface area contributed by atoms with Crippen molar-refractivity contribution in [3.8, 4) is 0 Å². The number of hydrogen-bond acceptors (Lipinski definition) is 3. The van der Waals surface area contributed by atoms with Crippen LogP contribution in [0, 0.1) is 0 Å². The zero-order valence-electron chi connectivity index (χ0n) is 7.71. The monoisotopic (exact) mass is 301 g/mol. The van der Waals surface area contributed by atoms with Crippen LogP contribution >= 0.6 is 34.8 Å². The minimum absolute atomic E-state index is 0.0362. The molecule has 8 heteroatoms. The zero-order chi connectivity index (χ0) is 12.5. The van der Waals surface area contributed by atoms with Crippen molar-refractivity contribution in [3.05, 3.63) is 27.2 Å². The number of rotatable bonds is 3. The van der Waals surface area contributed by atoms with E-state index in [4.69, 9.17) is 40.5 Å². The molecule has 1 rings (SSSR count). The molecule has 0 spiro atoms. The predicted molar refractivity (Wildman–Crippen MR) is 62.7 cm³/mol. The Balaban J connectivity index is 3.34. The fourth-order valence-corrected chi connectivity index (χ4v) is 3.16. The largest absolute Gasteiger partial charge is 0.369 e. The Labute approximate surface area is 107 Å². The van der Waals surface area contributed by atoms with Gasteiger partial charge in [-0.3, -0.25) is 4.79 Å². The molecule has 2 N–H and O–H groups in total. The molecule has 16 heavy (non-hydrogen) atoms. The summed E-state index contributed by atoms with van der Waals surface area (Å²) in [5.41, 5.74) is 4.81. The van der Waals surface area contributed by atoms with Gasteiger partial charge in [-0.1, -0.05) is 34.8 Å². The fraction of sp³-hybridized carbons (Fsp3) is 0.125. The van der Waals surface area contributed by atoms with Gasteiger partial charge in [-0.2, -0.15) is 0 Å². The molecule has 4 nitrogen and oxygen atoms in total. The highest BCUT2D eigenvalue weighted by atomic mass is 35.5. The molecule has 0 aliphatic heterocycles. The third-order valence-corrected chi connectivity index (χ3v) is 4.46. The summed E-state index contributed by atoms with van der Waals surface area (Å²) in [6.07, 6.45) is 0. The maximum absolute atomic E-state index is 11.6. The molecule has 0 aliphatic carbocycles. The van der Waals surface area contributed by atoms with Gasteiger partial charge in [0.25, 0.3) is 0 Å². The molecule has 0 fully saturated rings. The van der Waals surface area contributed by atoms with Gasteiger partial charge in [-0.15, -0.1) is 0 Å². The second kappa shape index (κ2) is 4.79. The number of hydrogen-bond donors (Lipinski definition) is 1. The van der Waals surface area contributed by atoms with Crippen molar-refractivity contribution in [1.82, 2.24) is 0 Å². The molecule has 1 aromatic rings. The summed E-state index contributed by atoms with van der Waals surface area (Å²) in [5.74, 6) is -1.80. The Kier molecular flexibility index (Phi) is 4.07. The third-order valence-electron chi connectivity index (χ3n) is 1.64. The molecular formula is C8H6Cl3NO3S. The van der Waals surface area contributed by atoms with Gasteiger partial charge in [-0.05, 0) is 12.1 Å². The SMILES string of the molecule is NC(=O)CS(=O)(=O)c1cc(Cl)c(Cl)cc1Cl. The summed E-state index contributed by atoms with van der Waals surface area (Å²) < 4.78 is 23.3. The van der Waals surface area contributed by atoms with Crippen LogP contribution in [0.15, 0.2) is 17.0 Å². The van der Waals surface area contributed by atoms with E-state index in [1.165, 1.54) is 6.07 Å². The summed E-state index contributed by atoms with van der Waals surface area (Å²) in [5, 5.41) is 0.0643. The van der Waals surface area contributed by atoms with Gasteiger partial charge >= 0.3 is 0 Å². The molecule has 0 bridgehead atoms. The number of benzene rings is 1.